The Hall–Kier alpha value is -2.55. The van der Waals surface area contributed by atoms with Gasteiger partial charge in [0.1, 0.15) is 10.7 Å². The van der Waals surface area contributed by atoms with E-state index in [-0.39, 0.29) is 18.2 Å². The second-order valence-corrected chi connectivity index (χ2v) is 9.53. The summed E-state index contributed by atoms with van der Waals surface area (Å²) in [6.45, 7) is 8.07. The molecule has 3 rings (SSSR count). The number of benzene rings is 2. The number of rotatable bonds is 8. The maximum absolute atomic E-state index is 14.1. The van der Waals surface area contributed by atoms with E-state index in [1.54, 1.807) is 0 Å². The highest BCUT2D eigenvalue weighted by molar-refractivity contribution is 7.89. The van der Waals surface area contributed by atoms with Crippen LogP contribution in [0.3, 0.4) is 0 Å². The molecular weight excluding hydrogens is 417 g/mol. The van der Waals surface area contributed by atoms with Crippen molar-refractivity contribution in [3.63, 3.8) is 0 Å². The molecule has 0 bridgehead atoms. The maximum atomic E-state index is 14.1. The van der Waals surface area contributed by atoms with Gasteiger partial charge in [0.2, 0.25) is 10.0 Å². The first-order valence-corrected chi connectivity index (χ1v) is 11.8. The summed E-state index contributed by atoms with van der Waals surface area (Å²) >= 11 is 0. The zero-order valence-electron chi connectivity index (χ0n) is 17.6. The van der Waals surface area contributed by atoms with E-state index in [2.05, 4.69) is 52.7 Å². The summed E-state index contributed by atoms with van der Waals surface area (Å²) in [5, 5.41) is 2.95. The van der Waals surface area contributed by atoms with E-state index in [0.717, 1.165) is 44.6 Å². The van der Waals surface area contributed by atoms with Gasteiger partial charge in [0.05, 0.1) is 0 Å². The van der Waals surface area contributed by atoms with Gasteiger partial charge in [-0.05, 0) is 43.5 Å². The molecule has 0 aliphatic carbocycles. The Morgan fingerprint density at radius 2 is 1.97 bits per heavy atom. The molecule has 1 heterocycles. The van der Waals surface area contributed by atoms with E-state index < -0.39 is 26.6 Å². The van der Waals surface area contributed by atoms with Gasteiger partial charge in [-0.2, -0.15) is 0 Å². The summed E-state index contributed by atoms with van der Waals surface area (Å²) in [6.07, 6.45) is 2.95. The molecule has 31 heavy (non-hydrogen) atoms. The molecule has 1 saturated heterocycles. The van der Waals surface area contributed by atoms with Gasteiger partial charge in [-0.15, -0.1) is 6.58 Å². The topological polar surface area (TPSA) is 78.5 Å². The van der Waals surface area contributed by atoms with Crippen LogP contribution in [-0.2, 0) is 16.6 Å². The molecule has 1 aliphatic heterocycles. The van der Waals surface area contributed by atoms with Crippen LogP contribution in [0.15, 0.2) is 60.0 Å². The summed E-state index contributed by atoms with van der Waals surface area (Å²) < 4.78 is 40.8. The molecule has 6 nitrogen and oxygen atoms in total. The molecule has 0 spiro atoms. The summed E-state index contributed by atoms with van der Waals surface area (Å²) in [7, 11) is -4.07. The Kier molecular flexibility index (Phi) is 7.59. The van der Waals surface area contributed by atoms with Crippen LogP contribution in [0.1, 0.15) is 34.3 Å². The van der Waals surface area contributed by atoms with Crippen molar-refractivity contribution in [3.05, 3.63) is 77.6 Å². The fourth-order valence-corrected chi connectivity index (χ4v) is 4.77. The molecule has 0 saturated carbocycles. The van der Waals surface area contributed by atoms with Crippen molar-refractivity contribution in [1.29, 1.82) is 0 Å². The van der Waals surface area contributed by atoms with Crippen LogP contribution >= 0.6 is 0 Å². The molecule has 1 fully saturated rings. The van der Waals surface area contributed by atoms with Crippen molar-refractivity contribution in [2.24, 2.45) is 0 Å². The monoisotopic (exact) mass is 445 g/mol. The van der Waals surface area contributed by atoms with Gasteiger partial charge < -0.3 is 5.32 Å². The Bertz CT molecular complexity index is 1050. The van der Waals surface area contributed by atoms with Crippen LogP contribution in [0.2, 0.25) is 0 Å². The van der Waals surface area contributed by atoms with Crippen molar-refractivity contribution in [3.8, 4) is 0 Å². The lowest BCUT2D eigenvalue weighted by atomic mass is 10.0. The van der Waals surface area contributed by atoms with Crippen LogP contribution in [0.4, 0.5) is 4.39 Å². The summed E-state index contributed by atoms with van der Waals surface area (Å²) in [5.41, 5.74) is 2.62. The predicted octanol–water partition coefficient (Wildman–Crippen LogP) is 2.99. The average Bonchev–Trinajstić information content (AvgIpc) is 2.74. The highest BCUT2D eigenvalue weighted by Crippen LogP contribution is 2.18. The van der Waals surface area contributed by atoms with Gasteiger partial charge in [-0.3, -0.25) is 9.69 Å². The fraction of sp³-hybridized carbons (Fsp3) is 0.348. The molecule has 0 radical (unpaired) electrons. The van der Waals surface area contributed by atoms with E-state index in [4.69, 9.17) is 0 Å². The Balaban J connectivity index is 1.58. The number of likely N-dealkylation sites (tertiary alicyclic amines) is 1. The zero-order chi connectivity index (χ0) is 22.4. The Morgan fingerprint density at radius 3 is 2.65 bits per heavy atom. The predicted molar refractivity (Wildman–Crippen MR) is 119 cm³/mol. The SMILES string of the molecule is C=CCNS(=O)(=O)c1cc(C(=O)NC2CCN(Cc3cccc(C)c3)CC2)ccc1F. The second-order valence-electron chi connectivity index (χ2n) is 7.80. The Morgan fingerprint density at radius 1 is 1.23 bits per heavy atom. The molecule has 8 heteroatoms. The van der Waals surface area contributed by atoms with Crippen molar-refractivity contribution in [2.45, 2.75) is 37.2 Å². The highest BCUT2D eigenvalue weighted by Gasteiger charge is 2.24. The molecule has 1 amide bonds. The lowest BCUT2D eigenvalue weighted by molar-refractivity contribution is 0.0908. The first-order chi connectivity index (χ1) is 14.8. The molecular formula is C23H28FN3O3S. The standard InChI is InChI=1S/C23H28FN3O3S/c1-3-11-25-31(29,30)22-15-19(7-8-21(22)24)23(28)26-20-9-12-27(13-10-20)16-18-6-4-5-17(2)14-18/h3-8,14-15,20,25H,1,9-13,16H2,2H3,(H,26,28). The van der Waals surface area contributed by atoms with Crippen LogP contribution in [-0.4, -0.2) is 44.9 Å². The Labute approximate surface area is 183 Å². The number of halogens is 1. The van der Waals surface area contributed by atoms with Crippen molar-refractivity contribution < 1.29 is 17.6 Å². The van der Waals surface area contributed by atoms with E-state index in [1.807, 2.05) is 0 Å². The third-order valence-corrected chi connectivity index (χ3v) is 6.75. The van der Waals surface area contributed by atoms with Gasteiger partial charge >= 0.3 is 0 Å². The van der Waals surface area contributed by atoms with Gasteiger partial charge in [0, 0.05) is 37.8 Å². The third-order valence-electron chi connectivity index (χ3n) is 5.31. The zero-order valence-corrected chi connectivity index (χ0v) is 18.4. The maximum Gasteiger partial charge on any atom is 0.251 e. The molecule has 166 valence electrons. The van der Waals surface area contributed by atoms with Crippen LogP contribution in [0.5, 0.6) is 0 Å². The number of carbonyl (C=O) groups excluding carboxylic acids is 1. The van der Waals surface area contributed by atoms with Crippen molar-refractivity contribution in [1.82, 2.24) is 14.9 Å². The molecule has 0 unspecified atom stereocenters. The molecule has 2 aromatic rings. The highest BCUT2D eigenvalue weighted by atomic mass is 32.2. The first kappa shape index (κ1) is 23.1. The second kappa shape index (κ2) is 10.2. The molecule has 0 atom stereocenters. The number of sulfonamides is 1. The van der Waals surface area contributed by atoms with Crippen molar-refractivity contribution >= 4 is 15.9 Å². The van der Waals surface area contributed by atoms with Crippen LogP contribution in [0, 0.1) is 12.7 Å². The minimum Gasteiger partial charge on any atom is -0.349 e. The van der Waals surface area contributed by atoms with Gasteiger partial charge in [-0.25, -0.2) is 17.5 Å². The van der Waals surface area contributed by atoms with Gasteiger partial charge in [0.25, 0.3) is 5.91 Å². The van der Waals surface area contributed by atoms with Crippen LogP contribution in [0.25, 0.3) is 0 Å². The number of piperidine rings is 1. The van der Waals surface area contributed by atoms with E-state index >= 15 is 0 Å². The van der Waals surface area contributed by atoms with E-state index in [0.29, 0.717) is 0 Å². The summed E-state index contributed by atoms with van der Waals surface area (Å²) in [5.74, 6) is -1.31. The van der Waals surface area contributed by atoms with Crippen LogP contribution < -0.4 is 10.0 Å². The normalized spacial score (nSPS) is 15.5. The molecule has 0 aromatic heterocycles. The number of carbonyl (C=O) groups is 1. The summed E-state index contributed by atoms with van der Waals surface area (Å²) in [4.78, 5) is 14.5. The smallest absolute Gasteiger partial charge is 0.251 e. The average molecular weight is 446 g/mol. The number of aryl methyl sites for hydroxylation is 1. The van der Waals surface area contributed by atoms with Gasteiger partial charge in [-0.1, -0.05) is 35.9 Å². The molecule has 2 aromatic carbocycles. The van der Waals surface area contributed by atoms with Gasteiger partial charge in [0.15, 0.2) is 0 Å². The third kappa shape index (κ3) is 6.22. The fourth-order valence-electron chi connectivity index (χ4n) is 3.67. The van der Waals surface area contributed by atoms with E-state index in [1.165, 1.54) is 23.3 Å². The minimum atomic E-state index is -4.07. The number of hydrogen-bond donors (Lipinski definition) is 2. The molecule has 2 N–H and O–H groups in total. The largest absolute Gasteiger partial charge is 0.349 e. The lowest BCUT2D eigenvalue weighted by Gasteiger charge is -2.32. The number of nitrogens with zero attached hydrogens (tertiary/aromatic N) is 1. The summed E-state index contributed by atoms with van der Waals surface area (Å²) in [6, 6.07) is 11.8. The number of nitrogens with one attached hydrogen (secondary N) is 2. The van der Waals surface area contributed by atoms with Crippen molar-refractivity contribution in [2.75, 3.05) is 19.6 Å². The number of amides is 1. The quantitative estimate of drug-likeness (QED) is 0.613. The molecule has 1 aliphatic rings. The first-order valence-electron chi connectivity index (χ1n) is 10.3. The minimum absolute atomic E-state index is 0.00902. The van der Waals surface area contributed by atoms with E-state index in [9.17, 15) is 17.6 Å². The number of hydrogen-bond acceptors (Lipinski definition) is 4. The lowest BCUT2D eigenvalue weighted by Crippen LogP contribution is -2.44.